The third-order valence-corrected chi connectivity index (χ3v) is 2.97. The fraction of sp³-hybridized carbons (Fsp3) is 0.154. The van der Waals surface area contributed by atoms with Crippen LogP contribution in [0.2, 0.25) is 5.15 Å². The van der Waals surface area contributed by atoms with Gasteiger partial charge in [0.2, 0.25) is 5.95 Å². The predicted octanol–water partition coefficient (Wildman–Crippen LogP) is 3.25. The summed E-state index contributed by atoms with van der Waals surface area (Å²) < 4.78 is 37.6. The number of benzene rings is 1. The average Bonchev–Trinajstić information content (AvgIpc) is 2.46. The van der Waals surface area contributed by atoms with Gasteiger partial charge in [0.25, 0.3) is 5.91 Å². The molecule has 5 nitrogen and oxygen atoms in total. The van der Waals surface area contributed by atoms with Gasteiger partial charge in [0.15, 0.2) is 0 Å². The van der Waals surface area contributed by atoms with Crippen molar-refractivity contribution in [1.29, 1.82) is 0 Å². The Balaban J connectivity index is 2.17. The smallest absolute Gasteiger partial charge is 0.355 e. The largest absolute Gasteiger partial charge is 0.420 e. The van der Waals surface area contributed by atoms with Crippen LogP contribution in [0.5, 0.6) is 0 Å². The average molecular weight is 331 g/mol. The van der Waals surface area contributed by atoms with Crippen LogP contribution in [-0.2, 0) is 6.18 Å². The van der Waals surface area contributed by atoms with Gasteiger partial charge in [-0.2, -0.15) is 13.2 Å². The van der Waals surface area contributed by atoms with Crippen LogP contribution < -0.4 is 10.6 Å². The molecule has 1 aromatic heterocycles. The van der Waals surface area contributed by atoms with Crippen LogP contribution in [0.15, 0.2) is 30.5 Å². The summed E-state index contributed by atoms with van der Waals surface area (Å²) in [4.78, 5) is 18.5. The Hall–Kier alpha value is -2.35. The number of carbonyl (C=O) groups excluding carboxylic acids is 1. The molecule has 2 rings (SSSR count). The van der Waals surface area contributed by atoms with E-state index in [9.17, 15) is 18.0 Å². The standard InChI is InChI=1S/C13H10ClF3N4O/c1-18-11(22)7-2-4-8(5-3-7)20-12-19-6-9(10(14)21-12)13(15,16)17/h2-6H,1H3,(H,18,22)(H,19,20,21). The molecule has 116 valence electrons. The Morgan fingerprint density at radius 2 is 1.86 bits per heavy atom. The number of aromatic nitrogens is 2. The van der Waals surface area contributed by atoms with Gasteiger partial charge in [0, 0.05) is 24.5 Å². The van der Waals surface area contributed by atoms with Gasteiger partial charge < -0.3 is 10.6 Å². The molecule has 0 spiro atoms. The van der Waals surface area contributed by atoms with Crippen molar-refractivity contribution in [3.8, 4) is 0 Å². The van der Waals surface area contributed by atoms with E-state index in [0.29, 0.717) is 17.4 Å². The first-order chi connectivity index (χ1) is 10.3. The first kappa shape index (κ1) is 16.0. The van der Waals surface area contributed by atoms with Gasteiger partial charge in [-0.3, -0.25) is 4.79 Å². The third-order valence-electron chi connectivity index (χ3n) is 2.68. The molecule has 1 heterocycles. The van der Waals surface area contributed by atoms with Crippen molar-refractivity contribution >= 4 is 29.1 Å². The molecule has 0 aliphatic rings. The van der Waals surface area contributed by atoms with Crippen molar-refractivity contribution in [2.45, 2.75) is 6.18 Å². The number of hydrogen-bond donors (Lipinski definition) is 2. The maximum absolute atomic E-state index is 12.5. The van der Waals surface area contributed by atoms with E-state index >= 15 is 0 Å². The Bertz CT molecular complexity index is 689. The van der Waals surface area contributed by atoms with E-state index in [-0.39, 0.29) is 11.9 Å². The van der Waals surface area contributed by atoms with Crippen molar-refractivity contribution in [2.24, 2.45) is 0 Å². The summed E-state index contributed by atoms with van der Waals surface area (Å²) in [5.74, 6) is -0.328. The summed E-state index contributed by atoms with van der Waals surface area (Å²) in [7, 11) is 1.51. The number of alkyl halides is 3. The van der Waals surface area contributed by atoms with E-state index in [2.05, 4.69) is 20.6 Å². The molecule has 2 aromatic rings. The summed E-state index contributed by atoms with van der Waals surface area (Å²) >= 11 is 5.50. The Kier molecular flexibility index (Phi) is 4.51. The number of nitrogens with zero attached hydrogens (tertiary/aromatic N) is 2. The van der Waals surface area contributed by atoms with Crippen LogP contribution in [-0.4, -0.2) is 22.9 Å². The molecular formula is C13H10ClF3N4O. The zero-order valence-corrected chi connectivity index (χ0v) is 12.0. The summed E-state index contributed by atoms with van der Waals surface area (Å²) in [6.07, 6.45) is -4.00. The highest BCUT2D eigenvalue weighted by atomic mass is 35.5. The van der Waals surface area contributed by atoms with E-state index in [1.54, 1.807) is 24.3 Å². The first-order valence-corrected chi connectivity index (χ1v) is 6.38. The lowest BCUT2D eigenvalue weighted by Gasteiger charge is -2.10. The molecule has 0 aliphatic carbocycles. The second-order valence-corrected chi connectivity index (χ2v) is 4.54. The highest BCUT2D eigenvalue weighted by molar-refractivity contribution is 6.30. The van der Waals surface area contributed by atoms with Crippen LogP contribution in [0.4, 0.5) is 24.8 Å². The Morgan fingerprint density at radius 1 is 1.23 bits per heavy atom. The lowest BCUT2D eigenvalue weighted by Crippen LogP contribution is -2.17. The van der Waals surface area contributed by atoms with Gasteiger partial charge in [-0.05, 0) is 24.3 Å². The fourth-order valence-corrected chi connectivity index (χ4v) is 1.83. The SMILES string of the molecule is CNC(=O)c1ccc(Nc2ncc(C(F)(F)F)c(Cl)n2)cc1. The minimum Gasteiger partial charge on any atom is -0.355 e. The molecule has 0 bridgehead atoms. The maximum atomic E-state index is 12.5. The summed E-state index contributed by atoms with van der Waals surface area (Å²) in [6.45, 7) is 0. The van der Waals surface area contributed by atoms with Crippen LogP contribution >= 0.6 is 11.6 Å². The second kappa shape index (κ2) is 6.18. The summed E-state index contributed by atoms with van der Waals surface area (Å²) in [6, 6.07) is 6.23. The number of hydrogen-bond acceptors (Lipinski definition) is 4. The van der Waals surface area contributed by atoms with Gasteiger partial charge >= 0.3 is 6.18 Å². The van der Waals surface area contributed by atoms with E-state index in [1.807, 2.05) is 0 Å². The van der Waals surface area contributed by atoms with Gasteiger partial charge in [-0.1, -0.05) is 11.6 Å². The predicted molar refractivity (Wildman–Crippen MR) is 75.2 cm³/mol. The van der Waals surface area contributed by atoms with Gasteiger partial charge in [-0.25, -0.2) is 9.97 Å². The first-order valence-electron chi connectivity index (χ1n) is 6.00. The zero-order chi connectivity index (χ0) is 16.3. The number of anilines is 2. The number of carbonyl (C=O) groups is 1. The zero-order valence-electron chi connectivity index (χ0n) is 11.2. The molecule has 1 amide bonds. The van der Waals surface area contributed by atoms with Crippen molar-refractivity contribution < 1.29 is 18.0 Å². The lowest BCUT2D eigenvalue weighted by molar-refractivity contribution is -0.137. The van der Waals surface area contributed by atoms with Crippen LogP contribution in [0, 0.1) is 0 Å². The van der Waals surface area contributed by atoms with Gasteiger partial charge in [0.1, 0.15) is 10.7 Å². The fourth-order valence-electron chi connectivity index (χ4n) is 1.59. The van der Waals surface area contributed by atoms with E-state index in [4.69, 9.17) is 11.6 Å². The molecule has 22 heavy (non-hydrogen) atoms. The third kappa shape index (κ3) is 3.64. The van der Waals surface area contributed by atoms with E-state index in [0.717, 1.165) is 0 Å². The molecule has 0 fully saturated rings. The van der Waals surface area contributed by atoms with E-state index < -0.39 is 16.9 Å². The molecule has 1 aromatic carbocycles. The number of amides is 1. The minimum atomic E-state index is -4.61. The topological polar surface area (TPSA) is 66.9 Å². The molecule has 9 heteroatoms. The van der Waals surface area contributed by atoms with Crippen molar-refractivity contribution in [3.63, 3.8) is 0 Å². The number of rotatable bonds is 3. The van der Waals surface area contributed by atoms with Crippen molar-refractivity contribution in [2.75, 3.05) is 12.4 Å². The molecule has 0 radical (unpaired) electrons. The molecule has 0 atom stereocenters. The van der Waals surface area contributed by atoms with Crippen LogP contribution in [0.1, 0.15) is 15.9 Å². The maximum Gasteiger partial charge on any atom is 0.420 e. The Morgan fingerprint density at radius 3 is 2.36 bits per heavy atom. The summed E-state index contributed by atoms with van der Waals surface area (Å²) in [5.41, 5.74) is -0.155. The highest BCUT2D eigenvalue weighted by Crippen LogP contribution is 2.33. The lowest BCUT2D eigenvalue weighted by atomic mass is 10.2. The van der Waals surface area contributed by atoms with Crippen LogP contribution in [0.25, 0.3) is 0 Å². The molecule has 2 N–H and O–H groups in total. The minimum absolute atomic E-state index is 0.0781. The van der Waals surface area contributed by atoms with Gasteiger partial charge in [-0.15, -0.1) is 0 Å². The van der Waals surface area contributed by atoms with Crippen molar-refractivity contribution in [3.05, 3.63) is 46.7 Å². The molecule has 0 aliphatic heterocycles. The van der Waals surface area contributed by atoms with Crippen LogP contribution in [0.3, 0.4) is 0 Å². The molecular weight excluding hydrogens is 321 g/mol. The second-order valence-electron chi connectivity index (χ2n) is 4.18. The normalized spacial score (nSPS) is 11.1. The monoisotopic (exact) mass is 330 g/mol. The van der Waals surface area contributed by atoms with E-state index in [1.165, 1.54) is 7.05 Å². The highest BCUT2D eigenvalue weighted by Gasteiger charge is 2.34. The number of halogens is 4. The number of nitrogens with one attached hydrogen (secondary N) is 2. The molecule has 0 saturated carbocycles. The molecule has 0 saturated heterocycles. The molecule has 0 unspecified atom stereocenters. The van der Waals surface area contributed by atoms with Gasteiger partial charge in [0.05, 0.1) is 0 Å². The Labute approximate surface area is 128 Å². The quantitative estimate of drug-likeness (QED) is 0.848. The summed E-state index contributed by atoms with van der Waals surface area (Å²) in [5, 5.41) is 4.48. The van der Waals surface area contributed by atoms with Crippen molar-refractivity contribution in [1.82, 2.24) is 15.3 Å².